The second-order valence-corrected chi connectivity index (χ2v) is 8.70. The van der Waals surface area contributed by atoms with Gasteiger partial charge in [-0.1, -0.05) is 60.3 Å². The molecule has 2 aromatic carbocycles. The Morgan fingerprint density at radius 1 is 0.903 bits per heavy atom. The van der Waals surface area contributed by atoms with Gasteiger partial charge in [-0.2, -0.15) is 5.10 Å². The molecule has 5 rings (SSSR count). The molecule has 0 bridgehead atoms. The van der Waals surface area contributed by atoms with Crippen LogP contribution in [0.5, 0.6) is 0 Å². The first-order valence-corrected chi connectivity index (χ1v) is 11.4. The smallest absolute Gasteiger partial charge is 0.240 e. The topological polar surface area (TPSA) is 63.9 Å². The molecular formula is C24H23N5OS. The first-order chi connectivity index (χ1) is 15.3. The zero-order valence-electron chi connectivity index (χ0n) is 17.1. The Kier molecular flexibility index (Phi) is 5.67. The highest BCUT2D eigenvalue weighted by Crippen LogP contribution is 2.39. The number of piperidine rings is 1. The Hall–Kier alpha value is -3.19. The molecule has 0 N–H and O–H groups in total. The first-order valence-electron chi connectivity index (χ1n) is 10.6. The van der Waals surface area contributed by atoms with E-state index in [2.05, 4.69) is 15.1 Å². The molecule has 0 aliphatic carbocycles. The van der Waals surface area contributed by atoms with Crippen LogP contribution in [0.4, 0.5) is 0 Å². The molecule has 6 nitrogen and oxygen atoms in total. The third-order valence-electron chi connectivity index (χ3n) is 5.55. The molecule has 3 heterocycles. The van der Waals surface area contributed by atoms with E-state index >= 15 is 0 Å². The number of hydrogen-bond donors (Lipinski definition) is 0. The standard InChI is InChI=1S/C24H23N5OS/c30-24(28-14-8-3-9-15-28)21(18-10-4-1-5-11-18)31-23-20-16-27-29(22(20)25-17-26-23)19-12-6-2-7-13-19/h1-2,4-7,10-13,16-17,21H,3,8-9,14-15H2/t21-/m1/s1. The summed E-state index contributed by atoms with van der Waals surface area (Å²) in [5.74, 6) is 0.151. The van der Waals surface area contributed by atoms with Crippen LogP contribution in [-0.4, -0.2) is 43.6 Å². The number of rotatable bonds is 5. The molecule has 1 amide bonds. The number of nitrogens with zero attached hydrogens (tertiary/aromatic N) is 5. The number of thioether (sulfide) groups is 1. The van der Waals surface area contributed by atoms with Gasteiger partial charge in [0.1, 0.15) is 16.6 Å². The average molecular weight is 430 g/mol. The number of hydrogen-bond acceptors (Lipinski definition) is 5. The molecule has 1 aliphatic heterocycles. The second-order valence-electron chi connectivity index (χ2n) is 7.60. The van der Waals surface area contributed by atoms with Crippen molar-refractivity contribution in [1.29, 1.82) is 0 Å². The number of benzene rings is 2. The highest BCUT2D eigenvalue weighted by atomic mass is 32.2. The van der Waals surface area contributed by atoms with Crippen molar-refractivity contribution in [2.45, 2.75) is 29.5 Å². The third-order valence-corrected chi connectivity index (χ3v) is 6.81. The molecule has 1 atom stereocenters. The van der Waals surface area contributed by atoms with Crippen molar-refractivity contribution in [2.75, 3.05) is 13.1 Å². The summed E-state index contributed by atoms with van der Waals surface area (Å²) in [5.41, 5.74) is 2.67. The highest BCUT2D eigenvalue weighted by molar-refractivity contribution is 8.00. The van der Waals surface area contributed by atoms with Gasteiger partial charge >= 0.3 is 0 Å². The Balaban J connectivity index is 1.52. The van der Waals surface area contributed by atoms with Crippen LogP contribution in [0.1, 0.15) is 30.1 Å². The summed E-state index contributed by atoms with van der Waals surface area (Å²) >= 11 is 1.49. The van der Waals surface area contributed by atoms with E-state index in [4.69, 9.17) is 0 Å². The molecule has 0 spiro atoms. The van der Waals surface area contributed by atoms with Crippen LogP contribution in [0, 0.1) is 0 Å². The van der Waals surface area contributed by atoms with Gasteiger partial charge in [-0.15, -0.1) is 0 Å². The third kappa shape index (κ3) is 4.05. The van der Waals surface area contributed by atoms with E-state index < -0.39 is 0 Å². The van der Waals surface area contributed by atoms with Gasteiger partial charge in [-0.25, -0.2) is 14.6 Å². The summed E-state index contributed by atoms with van der Waals surface area (Å²) in [6.07, 6.45) is 6.68. The van der Waals surface area contributed by atoms with Crippen molar-refractivity contribution in [3.63, 3.8) is 0 Å². The summed E-state index contributed by atoms with van der Waals surface area (Å²) in [6, 6.07) is 19.9. The van der Waals surface area contributed by atoms with E-state index in [1.165, 1.54) is 18.2 Å². The lowest BCUT2D eigenvalue weighted by Crippen LogP contribution is -2.38. The van der Waals surface area contributed by atoms with Crippen LogP contribution in [0.3, 0.4) is 0 Å². The predicted molar refractivity (Wildman–Crippen MR) is 122 cm³/mol. The van der Waals surface area contributed by atoms with Crippen LogP contribution < -0.4 is 0 Å². The molecule has 4 aromatic rings. The van der Waals surface area contributed by atoms with Gasteiger partial charge in [0.05, 0.1) is 17.3 Å². The van der Waals surface area contributed by atoms with Gasteiger partial charge in [-0.3, -0.25) is 4.79 Å². The number of carbonyl (C=O) groups excluding carboxylic acids is 1. The van der Waals surface area contributed by atoms with E-state index in [0.717, 1.165) is 53.2 Å². The second kappa shape index (κ2) is 8.89. The normalized spacial score (nSPS) is 15.2. The summed E-state index contributed by atoms with van der Waals surface area (Å²) in [6.45, 7) is 1.65. The van der Waals surface area contributed by atoms with E-state index in [0.29, 0.717) is 0 Å². The minimum atomic E-state index is -0.350. The van der Waals surface area contributed by atoms with E-state index in [9.17, 15) is 4.79 Å². The van der Waals surface area contributed by atoms with Crippen molar-refractivity contribution < 1.29 is 4.79 Å². The number of amides is 1. The number of para-hydroxylation sites is 1. The predicted octanol–water partition coefficient (Wildman–Crippen LogP) is 4.66. The Bertz CT molecular complexity index is 1170. The molecular weight excluding hydrogens is 406 g/mol. The molecule has 156 valence electrons. The molecule has 1 fully saturated rings. The van der Waals surface area contributed by atoms with Crippen molar-refractivity contribution in [3.8, 4) is 5.69 Å². The lowest BCUT2D eigenvalue weighted by molar-refractivity contribution is -0.131. The van der Waals surface area contributed by atoms with Crippen molar-refractivity contribution in [3.05, 3.63) is 78.8 Å². The van der Waals surface area contributed by atoms with Crippen LogP contribution in [0.15, 0.2) is 78.2 Å². The average Bonchev–Trinajstić information content (AvgIpc) is 3.29. The van der Waals surface area contributed by atoms with E-state index in [1.54, 1.807) is 12.5 Å². The fraction of sp³-hybridized carbons (Fsp3) is 0.250. The Morgan fingerprint density at radius 3 is 2.35 bits per heavy atom. The maximum atomic E-state index is 13.5. The quantitative estimate of drug-likeness (QED) is 0.341. The zero-order chi connectivity index (χ0) is 21.0. The fourth-order valence-electron chi connectivity index (χ4n) is 3.96. The van der Waals surface area contributed by atoms with Gasteiger partial charge in [0.15, 0.2) is 5.65 Å². The Labute approximate surface area is 185 Å². The van der Waals surface area contributed by atoms with E-state index in [1.807, 2.05) is 70.2 Å². The molecule has 31 heavy (non-hydrogen) atoms. The molecule has 1 saturated heterocycles. The number of aromatic nitrogens is 4. The minimum Gasteiger partial charge on any atom is -0.341 e. The molecule has 0 saturated carbocycles. The van der Waals surface area contributed by atoms with Crippen LogP contribution >= 0.6 is 11.8 Å². The lowest BCUT2D eigenvalue weighted by atomic mass is 10.1. The SMILES string of the molecule is O=C([C@H](Sc1ncnc2c1cnn2-c1ccccc1)c1ccccc1)N1CCCCC1. The molecule has 0 unspecified atom stereocenters. The fourth-order valence-corrected chi connectivity index (χ4v) is 5.10. The molecule has 0 radical (unpaired) electrons. The van der Waals surface area contributed by atoms with Gasteiger partial charge in [0.25, 0.3) is 0 Å². The first kappa shape index (κ1) is 19.8. The van der Waals surface area contributed by atoms with E-state index in [-0.39, 0.29) is 11.2 Å². The van der Waals surface area contributed by atoms with Crippen molar-refractivity contribution in [2.24, 2.45) is 0 Å². The molecule has 2 aromatic heterocycles. The number of fused-ring (bicyclic) bond motifs is 1. The van der Waals surface area contributed by atoms with Gasteiger partial charge in [-0.05, 0) is 37.0 Å². The summed E-state index contributed by atoms with van der Waals surface area (Å²) in [4.78, 5) is 24.5. The highest BCUT2D eigenvalue weighted by Gasteiger charge is 2.29. The van der Waals surface area contributed by atoms with Gasteiger partial charge in [0.2, 0.25) is 5.91 Å². The maximum absolute atomic E-state index is 13.5. The summed E-state index contributed by atoms with van der Waals surface area (Å²) in [5, 5.41) is 5.82. The number of carbonyl (C=O) groups is 1. The van der Waals surface area contributed by atoms with Gasteiger partial charge < -0.3 is 4.90 Å². The van der Waals surface area contributed by atoms with Crippen LogP contribution in [-0.2, 0) is 4.79 Å². The minimum absolute atomic E-state index is 0.151. The molecule has 7 heteroatoms. The summed E-state index contributed by atoms with van der Waals surface area (Å²) in [7, 11) is 0. The van der Waals surface area contributed by atoms with Crippen molar-refractivity contribution in [1.82, 2.24) is 24.6 Å². The summed E-state index contributed by atoms with van der Waals surface area (Å²) < 4.78 is 1.81. The Morgan fingerprint density at radius 2 is 1.61 bits per heavy atom. The lowest BCUT2D eigenvalue weighted by Gasteiger charge is -2.30. The number of likely N-dealkylation sites (tertiary alicyclic amines) is 1. The van der Waals surface area contributed by atoms with Crippen LogP contribution in [0.25, 0.3) is 16.7 Å². The van der Waals surface area contributed by atoms with Gasteiger partial charge in [0, 0.05) is 13.1 Å². The largest absolute Gasteiger partial charge is 0.341 e. The maximum Gasteiger partial charge on any atom is 0.240 e. The monoisotopic (exact) mass is 429 g/mol. The van der Waals surface area contributed by atoms with Crippen molar-refractivity contribution >= 4 is 28.7 Å². The molecule has 1 aliphatic rings. The van der Waals surface area contributed by atoms with Crippen LogP contribution in [0.2, 0.25) is 0 Å². The zero-order valence-corrected chi connectivity index (χ0v) is 17.9.